The average Bonchev–Trinajstić information content (AvgIpc) is 3.10. The Kier molecular flexibility index (Phi) is 5.58. The van der Waals surface area contributed by atoms with Gasteiger partial charge in [0.1, 0.15) is 17.8 Å². The van der Waals surface area contributed by atoms with E-state index >= 15 is 0 Å². The Hall–Kier alpha value is -2.64. The highest BCUT2D eigenvalue weighted by Crippen LogP contribution is 2.36. The molecule has 1 aromatic heterocycles. The van der Waals surface area contributed by atoms with Gasteiger partial charge in [-0.05, 0) is 53.5 Å². The first-order valence-electron chi connectivity index (χ1n) is 9.77. The highest BCUT2D eigenvalue weighted by atomic mass is 16.6. The maximum absolute atomic E-state index is 11.4. The molecule has 28 heavy (non-hydrogen) atoms. The van der Waals surface area contributed by atoms with Crippen LogP contribution in [0, 0.1) is 10.1 Å². The third kappa shape index (κ3) is 4.43. The van der Waals surface area contributed by atoms with E-state index < -0.39 is 10.5 Å². The predicted molar refractivity (Wildman–Crippen MR) is 108 cm³/mol. The summed E-state index contributed by atoms with van der Waals surface area (Å²) in [6.07, 6.45) is 3.88. The predicted octanol–water partition coefficient (Wildman–Crippen LogP) is 4.33. The normalized spacial score (nSPS) is 17.8. The van der Waals surface area contributed by atoms with Crippen molar-refractivity contribution in [2.24, 2.45) is 0 Å². The zero-order valence-electron chi connectivity index (χ0n) is 17.3. The monoisotopic (exact) mass is 387 g/mol. The van der Waals surface area contributed by atoms with Gasteiger partial charge in [-0.2, -0.15) is 0 Å². The van der Waals surface area contributed by atoms with Crippen LogP contribution >= 0.6 is 0 Å². The molecule has 8 heteroatoms. The summed E-state index contributed by atoms with van der Waals surface area (Å²) >= 11 is 0. The zero-order valence-corrected chi connectivity index (χ0v) is 17.3. The van der Waals surface area contributed by atoms with Crippen LogP contribution in [0.3, 0.4) is 0 Å². The molecule has 0 spiro atoms. The molecule has 1 aliphatic rings. The van der Waals surface area contributed by atoms with Gasteiger partial charge in [-0.3, -0.25) is 10.1 Å². The van der Waals surface area contributed by atoms with Crippen molar-refractivity contribution < 1.29 is 9.66 Å². The van der Waals surface area contributed by atoms with Crippen LogP contribution in [0.4, 0.5) is 11.4 Å². The van der Waals surface area contributed by atoms with E-state index in [0.717, 1.165) is 37.4 Å². The maximum Gasteiger partial charge on any atom is 0.311 e. The Morgan fingerprint density at radius 2 is 2.07 bits per heavy atom. The van der Waals surface area contributed by atoms with E-state index in [9.17, 15) is 10.1 Å². The number of benzene rings is 1. The molecule has 1 aliphatic heterocycles. The quantitative estimate of drug-likeness (QED) is 0.561. The second-order valence-electron chi connectivity index (χ2n) is 8.60. The molecule has 1 aromatic carbocycles. The van der Waals surface area contributed by atoms with Gasteiger partial charge in [0.2, 0.25) is 0 Å². The van der Waals surface area contributed by atoms with E-state index in [-0.39, 0.29) is 11.6 Å². The molecule has 1 saturated heterocycles. The van der Waals surface area contributed by atoms with Gasteiger partial charge < -0.3 is 14.2 Å². The molecular weight excluding hydrogens is 358 g/mol. The number of ether oxygens (including phenoxy) is 1. The van der Waals surface area contributed by atoms with Gasteiger partial charge >= 0.3 is 5.69 Å². The van der Waals surface area contributed by atoms with E-state index in [0.29, 0.717) is 11.8 Å². The molecule has 1 unspecified atom stereocenters. The van der Waals surface area contributed by atoms with Gasteiger partial charge in [0.15, 0.2) is 5.75 Å². The topological polar surface area (TPSA) is 86.3 Å². The van der Waals surface area contributed by atoms with Crippen LogP contribution in [0.1, 0.15) is 65.2 Å². The lowest BCUT2D eigenvalue weighted by molar-refractivity contribution is -0.386. The van der Waals surface area contributed by atoms with Gasteiger partial charge in [-0.1, -0.05) is 0 Å². The summed E-state index contributed by atoms with van der Waals surface area (Å²) in [6.45, 7) is 11.6. The summed E-state index contributed by atoms with van der Waals surface area (Å²) in [5.74, 6) is 1.59. The van der Waals surface area contributed by atoms with Crippen LogP contribution in [0.25, 0.3) is 0 Å². The summed E-state index contributed by atoms with van der Waals surface area (Å²) in [5, 5.41) is 19.9. The van der Waals surface area contributed by atoms with Crippen molar-refractivity contribution in [2.75, 3.05) is 18.0 Å². The summed E-state index contributed by atoms with van der Waals surface area (Å²) in [6, 6.07) is 5.45. The summed E-state index contributed by atoms with van der Waals surface area (Å²) in [5.41, 5.74) is 0.415. The second-order valence-corrected chi connectivity index (χ2v) is 8.60. The largest absolute Gasteiger partial charge is 0.481 e. The number of nitro groups is 1. The number of hydrogen-bond acceptors (Lipinski definition) is 6. The van der Waals surface area contributed by atoms with Crippen molar-refractivity contribution in [1.82, 2.24) is 14.8 Å². The zero-order chi connectivity index (χ0) is 20.5. The van der Waals surface area contributed by atoms with Crippen molar-refractivity contribution in [3.63, 3.8) is 0 Å². The number of nitro benzene ring substituents is 1. The number of anilines is 1. The molecule has 0 amide bonds. The Balaban J connectivity index is 1.87. The maximum atomic E-state index is 11.4. The Morgan fingerprint density at radius 1 is 1.32 bits per heavy atom. The number of aromatic nitrogens is 3. The molecule has 152 valence electrons. The van der Waals surface area contributed by atoms with Crippen LogP contribution in [0.5, 0.6) is 5.75 Å². The lowest BCUT2D eigenvalue weighted by Crippen LogP contribution is -2.35. The van der Waals surface area contributed by atoms with Crippen LogP contribution in [0.2, 0.25) is 0 Å². The van der Waals surface area contributed by atoms with E-state index in [1.54, 1.807) is 12.4 Å². The summed E-state index contributed by atoms with van der Waals surface area (Å²) in [7, 11) is 0. The van der Waals surface area contributed by atoms with Crippen molar-refractivity contribution in [2.45, 2.75) is 65.0 Å². The summed E-state index contributed by atoms with van der Waals surface area (Å²) in [4.78, 5) is 13.3. The third-order valence-corrected chi connectivity index (χ3v) is 4.87. The lowest BCUT2D eigenvalue weighted by atomic mass is 9.96. The first-order chi connectivity index (χ1) is 13.2. The van der Waals surface area contributed by atoms with Crippen LogP contribution < -0.4 is 9.64 Å². The molecule has 0 bridgehead atoms. The number of piperidine rings is 1. The van der Waals surface area contributed by atoms with Gasteiger partial charge in [-0.25, -0.2) is 0 Å². The van der Waals surface area contributed by atoms with E-state index in [2.05, 4.69) is 33.5 Å². The Bertz CT molecular complexity index is 841. The number of rotatable bonds is 5. The van der Waals surface area contributed by atoms with E-state index in [1.807, 2.05) is 26.8 Å². The molecule has 0 N–H and O–H groups in total. The fourth-order valence-electron chi connectivity index (χ4n) is 3.63. The van der Waals surface area contributed by atoms with Crippen LogP contribution in [0.15, 0.2) is 24.5 Å². The minimum absolute atomic E-state index is 0.00761. The van der Waals surface area contributed by atoms with Gasteiger partial charge in [0, 0.05) is 42.9 Å². The van der Waals surface area contributed by atoms with Crippen molar-refractivity contribution in [3.05, 3.63) is 40.5 Å². The van der Waals surface area contributed by atoms with Crippen molar-refractivity contribution >= 4 is 11.4 Å². The molecule has 0 radical (unpaired) electrons. The fourth-order valence-corrected chi connectivity index (χ4v) is 3.63. The number of nitrogens with zero attached hydrogens (tertiary/aromatic N) is 5. The fraction of sp³-hybridized carbons (Fsp3) is 0.600. The first kappa shape index (κ1) is 20.1. The molecule has 3 rings (SSSR count). The molecule has 2 aromatic rings. The SMILES string of the molecule is CC(C)n1cnnc1C1CCCN(c2ccc([N+](=O)[O-])c(OC(C)(C)C)c2)C1. The molecule has 2 heterocycles. The molecule has 0 saturated carbocycles. The second kappa shape index (κ2) is 7.77. The minimum Gasteiger partial charge on any atom is -0.481 e. The number of hydrogen-bond donors (Lipinski definition) is 0. The lowest BCUT2D eigenvalue weighted by Gasteiger charge is -2.34. The standard InChI is InChI=1S/C20H29N5O3/c1-14(2)24-13-21-22-19(24)15-7-6-10-23(12-15)16-8-9-17(25(26)27)18(11-16)28-20(3,4)5/h8-9,11,13-15H,6-7,10,12H2,1-5H3. The van der Waals surface area contributed by atoms with Gasteiger partial charge in [-0.15, -0.1) is 10.2 Å². The van der Waals surface area contributed by atoms with Crippen molar-refractivity contribution in [3.8, 4) is 5.75 Å². The van der Waals surface area contributed by atoms with Crippen LogP contribution in [-0.4, -0.2) is 38.4 Å². The third-order valence-electron chi connectivity index (χ3n) is 4.87. The van der Waals surface area contributed by atoms with Gasteiger partial charge in [0.05, 0.1) is 4.92 Å². The molecule has 8 nitrogen and oxygen atoms in total. The molecule has 0 aliphatic carbocycles. The van der Waals surface area contributed by atoms with E-state index in [1.165, 1.54) is 6.07 Å². The van der Waals surface area contributed by atoms with Crippen molar-refractivity contribution in [1.29, 1.82) is 0 Å². The van der Waals surface area contributed by atoms with E-state index in [4.69, 9.17) is 4.74 Å². The Labute approximate surface area is 165 Å². The van der Waals surface area contributed by atoms with Crippen LogP contribution in [-0.2, 0) is 0 Å². The smallest absolute Gasteiger partial charge is 0.311 e. The van der Waals surface area contributed by atoms with Gasteiger partial charge in [0.25, 0.3) is 0 Å². The molecule has 1 fully saturated rings. The highest BCUT2D eigenvalue weighted by molar-refractivity contribution is 5.59. The Morgan fingerprint density at radius 3 is 2.71 bits per heavy atom. The first-order valence-corrected chi connectivity index (χ1v) is 9.77. The summed E-state index contributed by atoms with van der Waals surface area (Å²) < 4.78 is 8.00. The minimum atomic E-state index is -0.512. The molecular formula is C20H29N5O3. The average molecular weight is 387 g/mol. The highest BCUT2D eigenvalue weighted by Gasteiger charge is 2.28. The molecule has 1 atom stereocenters.